The van der Waals surface area contributed by atoms with E-state index >= 15 is 0 Å². The highest BCUT2D eigenvalue weighted by Gasteiger charge is 2.46. The monoisotopic (exact) mass is 1240 g/mol. The summed E-state index contributed by atoms with van der Waals surface area (Å²) in [6.07, 6.45) is 33.3. The van der Waals surface area contributed by atoms with E-state index in [0.29, 0.717) is 46.8 Å². The molecule has 18 heteroatoms. The molecule has 12 rings (SSSR count). The number of amides is 2. The van der Waals surface area contributed by atoms with Gasteiger partial charge in [0.2, 0.25) is 11.8 Å². The number of hydrogen-bond donors (Lipinski definition) is 6. The molecule has 472 valence electrons. The standard InChI is InChI=1S/2C35H47ClN6O2/c2*36-28-12-10-26(11-13-28)22-32(40-30-16-14-29(15-17-30)39-31-8-4-5-9-33(31)43)34(44)41-20-18-35(19-21-41,23-42-25-37-24-38-42)27-6-2-1-3-7-27/h2*4-5,8-13,24-25,27,29-30,32,39-40,43H,1-3,6-7,14-23H2/t2*29?,30?,32-/m11/s1. The minimum absolute atomic E-state index is 0.169. The molecular formula is C70H94Cl2N12O4. The molecule has 0 spiro atoms. The van der Waals surface area contributed by atoms with E-state index in [0.717, 1.165) is 139 Å². The topological polar surface area (TPSA) is 191 Å². The van der Waals surface area contributed by atoms with Gasteiger partial charge in [-0.1, -0.05) is 110 Å². The van der Waals surface area contributed by atoms with Crippen LogP contribution < -0.4 is 21.3 Å². The lowest BCUT2D eigenvalue weighted by Crippen LogP contribution is -2.55. The summed E-state index contributed by atoms with van der Waals surface area (Å²) in [7, 11) is 0. The number of phenols is 2. The highest BCUT2D eigenvalue weighted by Crippen LogP contribution is 2.49. The van der Waals surface area contributed by atoms with Crippen molar-refractivity contribution < 1.29 is 19.8 Å². The number of halogens is 2. The lowest BCUT2D eigenvalue weighted by molar-refractivity contribution is -0.138. The second-order valence-electron chi connectivity index (χ2n) is 26.8. The van der Waals surface area contributed by atoms with Gasteiger partial charge in [0.05, 0.1) is 23.5 Å². The van der Waals surface area contributed by atoms with Crippen LogP contribution in [0.15, 0.2) is 122 Å². The molecular weight excluding hydrogens is 1140 g/mol. The zero-order valence-electron chi connectivity index (χ0n) is 51.4. The minimum Gasteiger partial charge on any atom is -0.506 e. The lowest BCUT2D eigenvalue weighted by atomic mass is 9.63. The van der Waals surface area contributed by atoms with Gasteiger partial charge in [0.15, 0.2) is 0 Å². The van der Waals surface area contributed by atoms with Gasteiger partial charge in [-0.25, -0.2) is 9.97 Å². The van der Waals surface area contributed by atoms with Crippen molar-refractivity contribution in [1.82, 2.24) is 50.0 Å². The molecule has 4 heterocycles. The number of nitrogens with one attached hydrogen (secondary N) is 4. The Morgan fingerprint density at radius 3 is 1.17 bits per heavy atom. The van der Waals surface area contributed by atoms with Crippen molar-refractivity contribution >= 4 is 46.4 Å². The number of carbonyl (C=O) groups excluding carboxylic acids is 2. The zero-order chi connectivity index (χ0) is 60.7. The van der Waals surface area contributed by atoms with E-state index in [2.05, 4.69) is 51.2 Å². The van der Waals surface area contributed by atoms with Gasteiger partial charge in [0.1, 0.15) is 36.8 Å². The average molecular weight is 1240 g/mol. The minimum atomic E-state index is -0.277. The molecule has 2 saturated heterocycles. The number of hydrogen-bond acceptors (Lipinski definition) is 12. The molecule has 0 bridgehead atoms. The smallest absolute Gasteiger partial charge is 0.240 e. The Morgan fingerprint density at radius 1 is 0.477 bits per heavy atom. The summed E-state index contributed by atoms with van der Waals surface area (Å²) in [5.41, 5.74) is 4.16. The van der Waals surface area contributed by atoms with Gasteiger partial charge in [-0.05, 0) is 198 Å². The average Bonchev–Trinajstić information content (AvgIpc) is 2.17. The van der Waals surface area contributed by atoms with Crippen LogP contribution >= 0.6 is 23.2 Å². The molecule has 4 aromatic carbocycles. The van der Waals surface area contributed by atoms with Crippen LogP contribution in [-0.4, -0.2) is 124 Å². The van der Waals surface area contributed by atoms with Crippen LogP contribution in [0.25, 0.3) is 0 Å². The Hall–Kier alpha value is -6.20. The van der Waals surface area contributed by atoms with Crippen molar-refractivity contribution in [2.75, 3.05) is 36.8 Å². The maximum atomic E-state index is 14.3. The van der Waals surface area contributed by atoms with Crippen molar-refractivity contribution in [2.24, 2.45) is 22.7 Å². The summed E-state index contributed by atoms with van der Waals surface area (Å²) in [4.78, 5) is 41.2. The van der Waals surface area contributed by atoms with Gasteiger partial charge >= 0.3 is 0 Å². The molecule has 2 aromatic heterocycles. The fourth-order valence-electron chi connectivity index (χ4n) is 16.0. The number of carbonyl (C=O) groups is 2. The number of nitrogens with zero attached hydrogens (tertiary/aromatic N) is 8. The number of likely N-dealkylation sites (tertiary alicyclic amines) is 2. The molecule has 16 nitrogen and oxygen atoms in total. The molecule has 6 fully saturated rings. The number of anilines is 2. The van der Waals surface area contributed by atoms with Gasteiger partial charge in [0.25, 0.3) is 0 Å². The third-order valence-corrected chi connectivity index (χ3v) is 21.6. The number of piperidine rings is 2. The Morgan fingerprint density at radius 2 is 0.830 bits per heavy atom. The Bertz CT molecular complexity index is 2860. The largest absolute Gasteiger partial charge is 0.506 e. The Labute approximate surface area is 531 Å². The first kappa shape index (κ1) is 63.4. The number of benzene rings is 4. The number of para-hydroxylation sites is 4. The summed E-state index contributed by atoms with van der Waals surface area (Å²) in [5.74, 6) is 2.37. The fourth-order valence-corrected chi connectivity index (χ4v) is 16.3. The van der Waals surface area contributed by atoms with E-state index in [4.69, 9.17) is 23.2 Å². The van der Waals surface area contributed by atoms with Gasteiger partial charge in [-0.15, -0.1) is 0 Å². The predicted octanol–water partition coefficient (Wildman–Crippen LogP) is 12.9. The molecule has 4 saturated carbocycles. The third-order valence-electron chi connectivity index (χ3n) is 21.1. The second kappa shape index (κ2) is 30.5. The summed E-state index contributed by atoms with van der Waals surface area (Å²) in [6, 6.07) is 31.3. The van der Waals surface area contributed by atoms with Gasteiger partial charge < -0.3 is 41.3 Å². The fraction of sp³-hybridized carbons (Fsp3) is 0.571. The number of rotatable bonds is 20. The first-order chi connectivity index (χ1) is 42.9. The molecule has 2 aliphatic heterocycles. The molecule has 0 unspecified atom stereocenters. The van der Waals surface area contributed by atoms with E-state index in [1.165, 1.54) is 64.2 Å². The quantitative estimate of drug-likeness (QED) is 0.0397. The summed E-state index contributed by atoms with van der Waals surface area (Å²) in [6.45, 7) is 4.95. The second-order valence-corrected chi connectivity index (χ2v) is 27.6. The highest BCUT2D eigenvalue weighted by molar-refractivity contribution is 6.30. The van der Waals surface area contributed by atoms with Crippen molar-refractivity contribution in [3.05, 3.63) is 144 Å². The maximum absolute atomic E-state index is 14.3. The van der Waals surface area contributed by atoms with Gasteiger partial charge in [-0.2, -0.15) is 10.2 Å². The molecule has 4 aliphatic carbocycles. The number of aromatic hydroxyl groups is 2. The summed E-state index contributed by atoms with van der Waals surface area (Å²) < 4.78 is 4.03. The lowest BCUT2D eigenvalue weighted by Gasteiger charge is -2.48. The van der Waals surface area contributed by atoms with Crippen molar-refractivity contribution in [2.45, 2.75) is 203 Å². The summed E-state index contributed by atoms with van der Waals surface area (Å²) in [5, 5.41) is 45.4. The van der Waals surface area contributed by atoms with Crippen LogP contribution in [0.1, 0.15) is 152 Å². The Kier molecular flexibility index (Phi) is 22.0. The first-order valence-corrected chi connectivity index (χ1v) is 34.0. The van der Waals surface area contributed by atoms with Gasteiger partial charge in [-0.3, -0.25) is 19.0 Å². The molecule has 6 aromatic rings. The molecule has 2 amide bonds. The normalized spacial score (nSPS) is 23.2. The van der Waals surface area contributed by atoms with E-state index in [1.807, 2.05) is 107 Å². The predicted molar refractivity (Wildman–Crippen MR) is 349 cm³/mol. The zero-order valence-corrected chi connectivity index (χ0v) is 52.9. The van der Waals surface area contributed by atoms with Crippen LogP contribution in [-0.2, 0) is 35.5 Å². The van der Waals surface area contributed by atoms with E-state index in [9.17, 15) is 19.8 Å². The Balaban J connectivity index is 0.000000182. The van der Waals surface area contributed by atoms with E-state index in [1.54, 1.807) is 24.8 Å². The molecule has 6 N–H and O–H groups in total. The van der Waals surface area contributed by atoms with E-state index in [-0.39, 0.29) is 58.3 Å². The highest BCUT2D eigenvalue weighted by atomic mass is 35.5. The van der Waals surface area contributed by atoms with Crippen LogP contribution in [0.4, 0.5) is 11.4 Å². The molecule has 0 radical (unpaired) electrons. The molecule has 6 aliphatic rings. The maximum Gasteiger partial charge on any atom is 0.240 e. The van der Waals surface area contributed by atoms with Crippen molar-refractivity contribution in [3.8, 4) is 11.5 Å². The van der Waals surface area contributed by atoms with E-state index < -0.39 is 0 Å². The first-order valence-electron chi connectivity index (χ1n) is 33.3. The van der Waals surface area contributed by atoms with Crippen LogP contribution in [0.2, 0.25) is 10.0 Å². The number of aromatic nitrogens is 6. The van der Waals surface area contributed by atoms with Crippen molar-refractivity contribution in [1.29, 1.82) is 0 Å². The third kappa shape index (κ3) is 16.8. The molecule has 88 heavy (non-hydrogen) atoms. The summed E-state index contributed by atoms with van der Waals surface area (Å²) >= 11 is 12.4. The van der Waals surface area contributed by atoms with Gasteiger partial charge in [0, 0.05) is 73.5 Å². The molecule has 2 atom stereocenters. The van der Waals surface area contributed by atoms with Crippen molar-refractivity contribution in [3.63, 3.8) is 0 Å². The SMILES string of the molecule is O=C([C@@H](Cc1ccc(Cl)cc1)NC1CCC(Nc2ccccc2O)CC1)N1CCC(Cn2cncn2)(C2CCCCC2)CC1.O=C([C@@H](Cc1ccc(Cl)cc1)NC1CCC(Nc2ccccc2O)CC1)N1CCC(Cn2cncn2)(C2CCCCC2)CC1. The number of phenolic OH excluding ortho intramolecular Hbond substituents is 2. The van der Waals surface area contributed by atoms with Crippen LogP contribution in [0.3, 0.4) is 0 Å². The van der Waals surface area contributed by atoms with Crippen LogP contribution in [0.5, 0.6) is 11.5 Å². The van der Waals surface area contributed by atoms with Crippen LogP contribution in [0, 0.1) is 22.7 Å².